The molecule has 0 fully saturated rings. The van der Waals surface area contributed by atoms with Crippen molar-refractivity contribution in [1.82, 2.24) is 9.97 Å². The van der Waals surface area contributed by atoms with E-state index in [-0.39, 0.29) is 5.82 Å². The third kappa shape index (κ3) is 1.60. The van der Waals surface area contributed by atoms with Crippen LogP contribution in [0.25, 0.3) is 0 Å². The van der Waals surface area contributed by atoms with Gasteiger partial charge in [-0.25, -0.2) is 0 Å². The molecule has 3 nitrogen and oxygen atoms in total. The van der Waals surface area contributed by atoms with Crippen LogP contribution in [0.2, 0.25) is 0 Å². The molecule has 0 saturated heterocycles. The van der Waals surface area contributed by atoms with Gasteiger partial charge in [-0.2, -0.15) is 14.4 Å². The van der Waals surface area contributed by atoms with E-state index in [2.05, 4.69) is 25.9 Å². The summed E-state index contributed by atoms with van der Waals surface area (Å²) in [6.45, 7) is 0. The molecule has 0 atom stereocenters. The average Bonchev–Trinajstić information content (AvgIpc) is 1.59. The van der Waals surface area contributed by atoms with Crippen molar-refractivity contribution in [3.63, 3.8) is 0 Å². The van der Waals surface area contributed by atoms with Crippen molar-refractivity contribution in [2.75, 3.05) is 5.73 Å². The smallest absolute Gasteiger partial charge is 0.311 e. The Hall–Kier alpha value is -0.710. The topological polar surface area (TPSA) is 51.8 Å². The van der Waals surface area contributed by atoms with Crippen LogP contribution in [0.4, 0.5) is 10.2 Å². The summed E-state index contributed by atoms with van der Waals surface area (Å²) in [6, 6.07) is 1.42. The van der Waals surface area contributed by atoms with Gasteiger partial charge in [0.1, 0.15) is 10.4 Å². The molecule has 1 aromatic rings. The lowest BCUT2D eigenvalue weighted by Gasteiger charge is -1.90. The Labute approximate surface area is 59.2 Å². The fraction of sp³-hybridized carbons (Fsp3) is 0. The van der Waals surface area contributed by atoms with Crippen LogP contribution in [0.15, 0.2) is 10.7 Å². The molecule has 0 spiro atoms. The standard InChI is InChI=1S/C4H3BrFN3/c5-2-1-3(7)9-4(6)8-2/h1H,(H2,7,8,9). The van der Waals surface area contributed by atoms with Crippen LogP contribution in [0.5, 0.6) is 0 Å². The van der Waals surface area contributed by atoms with Crippen molar-refractivity contribution in [2.24, 2.45) is 0 Å². The third-order valence-electron chi connectivity index (χ3n) is 0.687. The third-order valence-corrected chi connectivity index (χ3v) is 1.09. The summed E-state index contributed by atoms with van der Waals surface area (Å²) in [5.41, 5.74) is 5.14. The molecule has 0 saturated carbocycles. The molecule has 2 N–H and O–H groups in total. The van der Waals surface area contributed by atoms with Gasteiger partial charge in [0.2, 0.25) is 0 Å². The number of rotatable bonds is 0. The van der Waals surface area contributed by atoms with E-state index in [1.54, 1.807) is 0 Å². The Kier molecular flexibility index (Phi) is 1.61. The summed E-state index contributed by atoms with van der Waals surface area (Å²) < 4.78 is 12.5. The Bertz CT molecular complexity index is 177. The molecule has 0 bridgehead atoms. The van der Waals surface area contributed by atoms with Crippen molar-refractivity contribution in [2.45, 2.75) is 0 Å². The summed E-state index contributed by atoms with van der Waals surface area (Å²) in [6.07, 6.45) is -0.818. The molecule has 0 aliphatic rings. The molecular weight excluding hydrogens is 189 g/mol. The van der Waals surface area contributed by atoms with E-state index >= 15 is 0 Å². The van der Waals surface area contributed by atoms with Crippen molar-refractivity contribution < 1.29 is 4.39 Å². The van der Waals surface area contributed by atoms with E-state index in [9.17, 15) is 4.39 Å². The fourth-order valence-electron chi connectivity index (χ4n) is 0.406. The van der Waals surface area contributed by atoms with Crippen molar-refractivity contribution in [3.8, 4) is 0 Å². The summed E-state index contributed by atoms with van der Waals surface area (Å²) in [5, 5.41) is 0. The van der Waals surface area contributed by atoms with E-state index in [0.29, 0.717) is 4.60 Å². The molecule has 1 aromatic heterocycles. The highest BCUT2D eigenvalue weighted by atomic mass is 79.9. The van der Waals surface area contributed by atoms with E-state index in [1.165, 1.54) is 6.07 Å². The highest BCUT2D eigenvalue weighted by molar-refractivity contribution is 9.10. The molecule has 48 valence electrons. The Morgan fingerprint density at radius 3 is 2.67 bits per heavy atom. The second-order valence-corrected chi connectivity index (χ2v) is 2.20. The molecule has 1 rings (SSSR count). The lowest BCUT2D eigenvalue weighted by molar-refractivity contribution is 0.538. The SMILES string of the molecule is Nc1cc(Br)nc(F)n1. The minimum absolute atomic E-state index is 0.120. The van der Waals surface area contributed by atoms with Crippen LogP contribution < -0.4 is 5.73 Å². The molecule has 0 aliphatic heterocycles. The van der Waals surface area contributed by atoms with Crippen LogP contribution >= 0.6 is 15.9 Å². The Balaban J connectivity index is 3.17. The normalized spacial score (nSPS) is 9.56. The van der Waals surface area contributed by atoms with Gasteiger partial charge in [0.15, 0.2) is 0 Å². The molecule has 5 heteroatoms. The van der Waals surface area contributed by atoms with Gasteiger partial charge in [0.25, 0.3) is 0 Å². The number of aromatic nitrogens is 2. The zero-order chi connectivity index (χ0) is 6.85. The first-order chi connectivity index (χ1) is 4.18. The fourth-order valence-corrected chi connectivity index (χ4v) is 0.787. The van der Waals surface area contributed by atoms with Crippen molar-refractivity contribution >= 4 is 21.7 Å². The number of halogens is 2. The molecule has 0 aliphatic carbocycles. The molecule has 0 radical (unpaired) electrons. The summed E-state index contributed by atoms with van der Waals surface area (Å²) in [7, 11) is 0. The summed E-state index contributed by atoms with van der Waals surface area (Å²) in [4.78, 5) is 6.50. The van der Waals surface area contributed by atoms with Gasteiger partial charge < -0.3 is 5.73 Å². The van der Waals surface area contributed by atoms with Gasteiger partial charge in [0, 0.05) is 6.07 Å². The molecule has 0 amide bonds. The monoisotopic (exact) mass is 191 g/mol. The van der Waals surface area contributed by atoms with Crippen LogP contribution in [0.1, 0.15) is 0 Å². The van der Waals surface area contributed by atoms with Crippen LogP contribution in [0, 0.1) is 6.08 Å². The molecule has 9 heavy (non-hydrogen) atoms. The summed E-state index contributed by atoms with van der Waals surface area (Å²) in [5.74, 6) is 0.120. The van der Waals surface area contributed by atoms with Gasteiger partial charge >= 0.3 is 6.08 Å². The Morgan fingerprint density at radius 1 is 1.56 bits per heavy atom. The van der Waals surface area contributed by atoms with E-state index < -0.39 is 6.08 Å². The maximum atomic E-state index is 12.1. The van der Waals surface area contributed by atoms with E-state index in [1.807, 2.05) is 0 Å². The molecule has 0 aromatic carbocycles. The highest BCUT2D eigenvalue weighted by Gasteiger charge is 1.95. The minimum atomic E-state index is -0.818. The zero-order valence-corrected chi connectivity index (χ0v) is 5.89. The average molecular weight is 192 g/mol. The number of nitrogen functional groups attached to an aromatic ring is 1. The number of hydrogen-bond acceptors (Lipinski definition) is 3. The second kappa shape index (κ2) is 2.26. The lowest BCUT2D eigenvalue weighted by Crippen LogP contribution is -1.95. The maximum absolute atomic E-state index is 12.1. The van der Waals surface area contributed by atoms with Gasteiger partial charge in [-0.15, -0.1) is 0 Å². The predicted molar refractivity (Wildman–Crippen MR) is 34.1 cm³/mol. The quantitative estimate of drug-likeness (QED) is 0.491. The first-order valence-corrected chi connectivity index (χ1v) is 2.93. The zero-order valence-electron chi connectivity index (χ0n) is 4.31. The van der Waals surface area contributed by atoms with Gasteiger partial charge in [-0.3, -0.25) is 0 Å². The molecular formula is C4H3BrFN3. The first-order valence-electron chi connectivity index (χ1n) is 2.14. The number of hydrogen-bond donors (Lipinski definition) is 1. The van der Waals surface area contributed by atoms with Crippen LogP contribution in [-0.2, 0) is 0 Å². The maximum Gasteiger partial charge on any atom is 0.311 e. The first kappa shape index (κ1) is 6.41. The number of nitrogens with two attached hydrogens (primary N) is 1. The van der Waals surface area contributed by atoms with E-state index in [4.69, 9.17) is 5.73 Å². The predicted octanol–water partition coefficient (Wildman–Crippen LogP) is 0.960. The lowest BCUT2D eigenvalue weighted by atomic mass is 10.6. The van der Waals surface area contributed by atoms with Crippen molar-refractivity contribution in [1.29, 1.82) is 0 Å². The largest absolute Gasteiger partial charge is 0.383 e. The molecule has 0 unspecified atom stereocenters. The molecule has 1 heterocycles. The van der Waals surface area contributed by atoms with E-state index in [0.717, 1.165) is 0 Å². The Morgan fingerprint density at radius 2 is 2.22 bits per heavy atom. The second-order valence-electron chi connectivity index (χ2n) is 1.38. The minimum Gasteiger partial charge on any atom is -0.383 e. The van der Waals surface area contributed by atoms with Gasteiger partial charge in [-0.05, 0) is 15.9 Å². The van der Waals surface area contributed by atoms with Crippen LogP contribution in [0.3, 0.4) is 0 Å². The highest BCUT2D eigenvalue weighted by Crippen LogP contribution is 2.07. The van der Waals surface area contributed by atoms with Crippen LogP contribution in [-0.4, -0.2) is 9.97 Å². The van der Waals surface area contributed by atoms with Gasteiger partial charge in [0.05, 0.1) is 0 Å². The van der Waals surface area contributed by atoms with Gasteiger partial charge in [-0.1, -0.05) is 0 Å². The number of nitrogens with zero attached hydrogens (tertiary/aromatic N) is 2. The summed E-state index contributed by atoms with van der Waals surface area (Å²) >= 11 is 2.94. The van der Waals surface area contributed by atoms with Crippen molar-refractivity contribution in [3.05, 3.63) is 16.7 Å². The number of anilines is 1.